The van der Waals surface area contributed by atoms with Crippen LogP contribution in [-0.2, 0) is 0 Å². The maximum atomic E-state index is 12.5. The van der Waals surface area contributed by atoms with Gasteiger partial charge in [0.2, 0.25) is 0 Å². The molecule has 0 bridgehead atoms. The van der Waals surface area contributed by atoms with Gasteiger partial charge in [-0.25, -0.2) is 9.78 Å². The quantitative estimate of drug-likeness (QED) is 0.872. The third-order valence-electron chi connectivity index (χ3n) is 4.31. The summed E-state index contributed by atoms with van der Waals surface area (Å²) in [5.74, 6) is -0.883. The van der Waals surface area contributed by atoms with E-state index in [-0.39, 0.29) is 17.3 Å². The molecule has 24 heavy (non-hydrogen) atoms. The fourth-order valence-electron chi connectivity index (χ4n) is 2.99. The van der Waals surface area contributed by atoms with Gasteiger partial charge in [-0.15, -0.1) is 0 Å². The van der Waals surface area contributed by atoms with Crippen LogP contribution >= 0.6 is 15.9 Å². The second-order valence-corrected chi connectivity index (χ2v) is 6.75. The molecule has 1 aliphatic heterocycles. The van der Waals surface area contributed by atoms with Crippen LogP contribution in [0.25, 0.3) is 0 Å². The average molecular weight is 389 g/mol. The topological polar surface area (TPSA) is 70.5 Å². The Morgan fingerprint density at radius 1 is 1.04 bits per heavy atom. The highest BCUT2D eigenvalue weighted by atomic mass is 79.9. The molecular formula is C18H17BrN2O3. The number of benzene rings is 1. The second kappa shape index (κ2) is 7.13. The van der Waals surface area contributed by atoms with E-state index < -0.39 is 5.97 Å². The number of piperidine rings is 1. The van der Waals surface area contributed by atoms with Crippen molar-refractivity contribution in [1.29, 1.82) is 0 Å². The van der Waals surface area contributed by atoms with Crippen molar-refractivity contribution in [3.63, 3.8) is 0 Å². The highest BCUT2D eigenvalue weighted by Gasteiger charge is 2.25. The number of nitrogens with zero attached hydrogens (tertiary/aromatic N) is 2. The van der Waals surface area contributed by atoms with Crippen LogP contribution in [-0.4, -0.2) is 40.0 Å². The molecule has 3 rings (SSSR count). The summed E-state index contributed by atoms with van der Waals surface area (Å²) in [5.41, 5.74) is 1.37. The predicted molar refractivity (Wildman–Crippen MR) is 93.2 cm³/mol. The summed E-state index contributed by atoms with van der Waals surface area (Å²) in [6.07, 6.45) is 1.79. The predicted octanol–water partition coefficient (Wildman–Crippen LogP) is 3.56. The molecule has 6 heteroatoms. The molecule has 0 radical (unpaired) electrons. The van der Waals surface area contributed by atoms with E-state index in [0.717, 1.165) is 17.3 Å². The smallest absolute Gasteiger partial charge is 0.354 e. The molecule has 2 aromatic rings. The number of amides is 1. The number of aromatic carboxylic acids is 1. The van der Waals surface area contributed by atoms with Crippen molar-refractivity contribution in [2.45, 2.75) is 18.8 Å². The Hall–Kier alpha value is -2.21. The number of carboxylic acids is 1. The zero-order valence-electron chi connectivity index (χ0n) is 13.0. The van der Waals surface area contributed by atoms with Gasteiger partial charge in [0, 0.05) is 17.6 Å². The van der Waals surface area contributed by atoms with Crippen LogP contribution in [0, 0.1) is 0 Å². The Kier molecular flexibility index (Phi) is 4.94. The van der Waals surface area contributed by atoms with E-state index in [0.29, 0.717) is 19.0 Å². The lowest BCUT2D eigenvalue weighted by Gasteiger charge is -2.32. The van der Waals surface area contributed by atoms with Crippen molar-refractivity contribution in [3.8, 4) is 0 Å². The van der Waals surface area contributed by atoms with E-state index in [2.05, 4.69) is 33.0 Å². The lowest BCUT2D eigenvalue weighted by atomic mass is 9.89. The van der Waals surface area contributed by atoms with Crippen LogP contribution in [0.2, 0.25) is 0 Å². The highest BCUT2D eigenvalue weighted by Crippen LogP contribution is 2.29. The van der Waals surface area contributed by atoms with Crippen molar-refractivity contribution in [2.75, 3.05) is 13.1 Å². The standard InChI is InChI=1S/C18H17BrN2O3/c19-14-6-4-12(5-7-14)13-8-10-21(11-9-13)17(22)15-2-1-3-16(20-15)18(23)24/h1-7,13H,8-11H2,(H,23,24). The van der Waals surface area contributed by atoms with E-state index in [9.17, 15) is 9.59 Å². The number of carboxylic acid groups (broad SMARTS) is 1. The molecule has 1 amide bonds. The maximum absolute atomic E-state index is 12.5. The lowest BCUT2D eigenvalue weighted by molar-refractivity contribution is 0.0688. The molecule has 1 aromatic heterocycles. The molecule has 1 aliphatic rings. The van der Waals surface area contributed by atoms with Gasteiger partial charge in [-0.3, -0.25) is 4.79 Å². The minimum absolute atomic E-state index is 0.106. The maximum Gasteiger partial charge on any atom is 0.354 e. The summed E-state index contributed by atoms with van der Waals surface area (Å²) < 4.78 is 1.06. The monoisotopic (exact) mass is 388 g/mol. The van der Waals surface area contributed by atoms with Gasteiger partial charge in [0.1, 0.15) is 11.4 Å². The zero-order chi connectivity index (χ0) is 17.1. The first-order valence-corrected chi connectivity index (χ1v) is 8.59. The van der Waals surface area contributed by atoms with Crippen molar-refractivity contribution < 1.29 is 14.7 Å². The minimum atomic E-state index is -1.13. The Morgan fingerprint density at radius 2 is 1.67 bits per heavy atom. The summed E-state index contributed by atoms with van der Waals surface area (Å²) in [4.78, 5) is 29.2. The van der Waals surface area contributed by atoms with E-state index in [4.69, 9.17) is 5.11 Å². The summed E-state index contributed by atoms with van der Waals surface area (Å²) in [7, 11) is 0. The number of likely N-dealkylation sites (tertiary alicyclic amines) is 1. The Balaban J connectivity index is 1.66. The van der Waals surface area contributed by atoms with Gasteiger partial charge in [0.15, 0.2) is 0 Å². The minimum Gasteiger partial charge on any atom is -0.477 e. The molecule has 1 fully saturated rings. The summed E-state index contributed by atoms with van der Waals surface area (Å²) in [5, 5.41) is 8.99. The molecule has 1 N–H and O–H groups in total. The second-order valence-electron chi connectivity index (χ2n) is 5.83. The van der Waals surface area contributed by atoms with Crippen molar-refractivity contribution in [3.05, 3.63) is 63.9 Å². The number of carbonyl (C=O) groups excluding carboxylic acids is 1. The van der Waals surface area contributed by atoms with E-state index in [1.54, 1.807) is 17.0 Å². The molecule has 0 aliphatic carbocycles. The molecule has 124 valence electrons. The fraction of sp³-hybridized carbons (Fsp3) is 0.278. The molecule has 2 heterocycles. The zero-order valence-corrected chi connectivity index (χ0v) is 14.6. The van der Waals surface area contributed by atoms with E-state index in [1.165, 1.54) is 11.6 Å². The first-order valence-electron chi connectivity index (χ1n) is 7.79. The van der Waals surface area contributed by atoms with Gasteiger partial charge in [0.05, 0.1) is 0 Å². The van der Waals surface area contributed by atoms with Crippen molar-refractivity contribution >= 4 is 27.8 Å². The SMILES string of the molecule is O=C(O)c1cccc(C(=O)N2CCC(c3ccc(Br)cc3)CC2)n1. The van der Waals surface area contributed by atoms with Crippen LogP contribution in [0.15, 0.2) is 46.9 Å². The summed E-state index contributed by atoms with van der Waals surface area (Å²) in [6.45, 7) is 1.30. The van der Waals surface area contributed by atoms with Gasteiger partial charge < -0.3 is 10.0 Å². The highest BCUT2D eigenvalue weighted by molar-refractivity contribution is 9.10. The first-order chi connectivity index (χ1) is 11.5. The average Bonchev–Trinajstić information content (AvgIpc) is 2.62. The number of hydrogen-bond donors (Lipinski definition) is 1. The van der Waals surface area contributed by atoms with Crippen molar-refractivity contribution in [1.82, 2.24) is 9.88 Å². The molecule has 0 saturated carbocycles. The Bertz CT molecular complexity index is 753. The van der Waals surface area contributed by atoms with Crippen LogP contribution in [0.1, 0.15) is 45.3 Å². The molecule has 0 unspecified atom stereocenters. The molecule has 5 nitrogen and oxygen atoms in total. The van der Waals surface area contributed by atoms with Crippen molar-refractivity contribution in [2.24, 2.45) is 0 Å². The van der Waals surface area contributed by atoms with Crippen LogP contribution in [0.5, 0.6) is 0 Å². The fourth-order valence-corrected chi connectivity index (χ4v) is 3.25. The summed E-state index contributed by atoms with van der Waals surface area (Å²) >= 11 is 3.44. The molecule has 1 saturated heterocycles. The summed E-state index contributed by atoms with van der Waals surface area (Å²) in [6, 6.07) is 12.8. The lowest BCUT2D eigenvalue weighted by Crippen LogP contribution is -2.38. The molecule has 1 aromatic carbocycles. The number of hydrogen-bond acceptors (Lipinski definition) is 3. The van der Waals surface area contributed by atoms with Gasteiger partial charge in [-0.05, 0) is 48.6 Å². The Labute approximate surface area is 148 Å². The first kappa shape index (κ1) is 16.6. The molecule has 0 atom stereocenters. The number of carbonyl (C=O) groups is 2. The number of pyridine rings is 1. The number of halogens is 1. The van der Waals surface area contributed by atoms with Crippen LogP contribution in [0.3, 0.4) is 0 Å². The van der Waals surface area contributed by atoms with Gasteiger partial charge in [-0.2, -0.15) is 0 Å². The van der Waals surface area contributed by atoms with Crippen LogP contribution in [0.4, 0.5) is 0 Å². The third-order valence-corrected chi connectivity index (χ3v) is 4.84. The normalized spacial score (nSPS) is 15.3. The van der Waals surface area contributed by atoms with Gasteiger partial charge in [0.25, 0.3) is 5.91 Å². The van der Waals surface area contributed by atoms with Gasteiger partial charge >= 0.3 is 5.97 Å². The largest absolute Gasteiger partial charge is 0.477 e. The Morgan fingerprint density at radius 3 is 2.29 bits per heavy atom. The van der Waals surface area contributed by atoms with Gasteiger partial charge in [-0.1, -0.05) is 34.1 Å². The molecular weight excluding hydrogens is 372 g/mol. The molecule has 0 spiro atoms. The number of rotatable bonds is 3. The number of aromatic nitrogens is 1. The van der Waals surface area contributed by atoms with E-state index >= 15 is 0 Å². The van der Waals surface area contributed by atoms with E-state index in [1.807, 2.05) is 12.1 Å². The third kappa shape index (κ3) is 3.64. The van der Waals surface area contributed by atoms with Crippen LogP contribution < -0.4 is 0 Å².